The average molecular weight is 469 g/mol. The highest BCUT2D eigenvalue weighted by Gasteiger charge is 2.29. The van der Waals surface area contributed by atoms with E-state index in [1.54, 1.807) is 27.7 Å². The Bertz CT molecular complexity index is 1300. The fourth-order valence-corrected chi connectivity index (χ4v) is 4.80. The number of aromatic nitrogens is 2. The third-order valence-corrected chi connectivity index (χ3v) is 6.63. The Morgan fingerprint density at radius 3 is 2.06 bits per heavy atom. The number of rotatable bonds is 7. The summed E-state index contributed by atoms with van der Waals surface area (Å²) in [6, 6.07) is 2.86. The Kier molecular flexibility index (Phi) is 6.87. The van der Waals surface area contributed by atoms with Crippen molar-refractivity contribution in [2.75, 3.05) is 12.5 Å². The first kappa shape index (κ1) is 24.8. The van der Waals surface area contributed by atoms with Crippen LogP contribution in [0.15, 0.2) is 22.6 Å². The molecule has 0 saturated heterocycles. The van der Waals surface area contributed by atoms with Crippen molar-refractivity contribution >= 4 is 31.3 Å². The third kappa shape index (κ3) is 5.07. The van der Waals surface area contributed by atoms with Crippen LogP contribution >= 0.6 is 0 Å². The molecule has 2 rings (SSSR count). The van der Waals surface area contributed by atoms with Gasteiger partial charge in [-0.25, -0.2) is 13.1 Å². The van der Waals surface area contributed by atoms with E-state index in [-0.39, 0.29) is 21.9 Å². The molecule has 0 spiro atoms. The lowest BCUT2D eigenvalue weighted by atomic mass is 9.91. The second-order valence-corrected chi connectivity index (χ2v) is 11.3. The fourth-order valence-electron chi connectivity index (χ4n) is 3.36. The lowest BCUT2D eigenvalue weighted by Gasteiger charge is -2.17. The minimum atomic E-state index is -3.90. The molecule has 1 heterocycles. The number of aryl methyl sites for hydroxylation is 2. The first-order valence-electron chi connectivity index (χ1n) is 9.59. The SMILES string of the molecule is CCn1nc(C)c(C(=O)c2ccc(S(C)(=O)=O)c(C(C)=C(C)C)c2C)c1OS(C)(=O)=O. The first-order chi connectivity index (χ1) is 14.1. The van der Waals surface area contributed by atoms with E-state index in [2.05, 4.69) is 5.10 Å². The molecule has 0 saturated carbocycles. The molecule has 0 atom stereocenters. The summed E-state index contributed by atoms with van der Waals surface area (Å²) < 4.78 is 54.7. The zero-order valence-electron chi connectivity index (χ0n) is 19.0. The average Bonchev–Trinajstić information content (AvgIpc) is 2.92. The van der Waals surface area contributed by atoms with Crippen LogP contribution in [-0.2, 0) is 26.5 Å². The number of hydrogen-bond acceptors (Lipinski definition) is 7. The molecule has 8 nitrogen and oxygen atoms in total. The molecule has 0 radical (unpaired) electrons. The van der Waals surface area contributed by atoms with E-state index >= 15 is 0 Å². The number of benzene rings is 1. The van der Waals surface area contributed by atoms with Crippen molar-refractivity contribution in [1.82, 2.24) is 9.78 Å². The maximum absolute atomic E-state index is 13.5. The van der Waals surface area contributed by atoms with Crippen LogP contribution in [0.2, 0.25) is 0 Å². The molecule has 0 N–H and O–H groups in total. The van der Waals surface area contributed by atoms with E-state index in [1.807, 2.05) is 13.8 Å². The van der Waals surface area contributed by atoms with Crippen LogP contribution in [0, 0.1) is 13.8 Å². The van der Waals surface area contributed by atoms with Crippen LogP contribution in [0.5, 0.6) is 5.88 Å². The van der Waals surface area contributed by atoms with Crippen molar-refractivity contribution in [3.05, 3.63) is 45.7 Å². The molecule has 0 aliphatic heterocycles. The summed E-state index contributed by atoms with van der Waals surface area (Å²) >= 11 is 0. The Balaban J connectivity index is 2.86. The first-order valence-corrected chi connectivity index (χ1v) is 13.3. The molecule has 0 bridgehead atoms. The third-order valence-electron chi connectivity index (χ3n) is 5.03. The van der Waals surface area contributed by atoms with Gasteiger partial charge in [0.2, 0.25) is 11.7 Å². The number of carbonyl (C=O) groups excluding carboxylic acids is 1. The molecule has 1 aromatic carbocycles. The van der Waals surface area contributed by atoms with E-state index in [0.717, 1.165) is 23.7 Å². The van der Waals surface area contributed by atoms with Crippen molar-refractivity contribution in [3.63, 3.8) is 0 Å². The van der Waals surface area contributed by atoms with Gasteiger partial charge in [0.15, 0.2) is 9.84 Å². The summed E-state index contributed by atoms with van der Waals surface area (Å²) in [5.74, 6) is -0.643. The molecular weight excluding hydrogens is 440 g/mol. The van der Waals surface area contributed by atoms with Crippen LogP contribution in [0.25, 0.3) is 5.57 Å². The summed E-state index contributed by atoms with van der Waals surface area (Å²) in [5.41, 5.74) is 3.22. The smallest absolute Gasteiger partial charge is 0.307 e. The quantitative estimate of drug-likeness (QED) is 0.452. The summed E-state index contributed by atoms with van der Waals surface area (Å²) in [6.45, 7) is 10.9. The van der Waals surface area contributed by atoms with Crippen molar-refractivity contribution in [3.8, 4) is 5.88 Å². The number of allylic oxidation sites excluding steroid dienone is 2. The Morgan fingerprint density at radius 1 is 1.03 bits per heavy atom. The lowest BCUT2D eigenvalue weighted by molar-refractivity contribution is 0.103. The van der Waals surface area contributed by atoms with Gasteiger partial charge in [-0.2, -0.15) is 13.5 Å². The predicted octanol–water partition coefficient (Wildman–Crippen LogP) is 3.31. The Labute approximate surface area is 184 Å². The van der Waals surface area contributed by atoms with Gasteiger partial charge in [0.1, 0.15) is 5.56 Å². The Hall–Kier alpha value is -2.46. The fraction of sp³-hybridized carbons (Fsp3) is 0.429. The largest absolute Gasteiger partial charge is 0.361 e. The maximum Gasteiger partial charge on any atom is 0.307 e. The minimum absolute atomic E-state index is 0.0308. The summed E-state index contributed by atoms with van der Waals surface area (Å²) in [7, 11) is -7.45. The van der Waals surface area contributed by atoms with Gasteiger partial charge in [0.05, 0.1) is 16.8 Å². The molecule has 10 heteroatoms. The van der Waals surface area contributed by atoms with Gasteiger partial charge in [-0.15, -0.1) is 0 Å². The predicted molar refractivity (Wildman–Crippen MR) is 120 cm³/mol. The van der Waals surface area contributed by atoms with Gasteiger partial charge in [0.25, 0.3) is 0 Å². The monoisotopic (exact) mass is 468 g/mol. The zero-order chi connectivity index (χ0) is 23.9. The molecule has 0 aliphatic rings. The molecule has 0 fully saturated rings. The van der Waals surface area contributed by atoms with E-state index in [1.165, 1.54) is 16.8 Å². The van der Waals surface area contributed by atoms with Crippen molar-refractivity contribution < 1.29 is 25.8 Å². The highest BCUT2D eigenvalue weighted by molar-refractivity contribution is 7.90. The van der Waals surface area contributed by atoms with Gasteiger partial charge in [-0.3, -0.25) is 4.79 Å². The van der Waals surface area contributed by atoms with Crippen LogP contribution in [0.1, 0.15) is 60.4 Å². The number of sulfone groups is 1. The van der Waals surface area contributed by atoms with Crippen LogP contribution in [0.4, 0.5) is 0 Å². The highest BCUT2D eigenvalue weighted by atomic mass is 32.2. The van der Waals surface area contributed by atoms with Crippen molar-refractivity contribution in [2.24, 2.45) is 0 Å². The highest BCUT2D eigenvalue weighted by Crippen LogP contribution is 2.34. The number of carbonyl (C=O) groups is 1. The molecule has 0 amide bonds. The van der Waals surface area contributed by atoms with E-state index < -0.39 is 25.7 Å². The molecule has 2 aromatic rings. The number of ketones is 1. The lowest BCUT2D eigenvalue weighted by Crippen LogP contribution is -2.15. The number of nitrogens with zero attached hydrogens (tertiary/aromatic N) is 2. The maximum atomic E-state index is 13.5. The van der Waals surface area contributed by atoms with Gasteiger partial charge >= 0.3 is 10.1 Å². The minimum Gasteiger partial charge on any atom is -0.361 e. The summed E-state index contributed by atoms with van der Waals surface area (Å²) in [5, 5.41) is 4.23. The van der Waals surface area contributed by atoms with Gasteiger partial charge in [0, 0.05) is 18.4 Å². The van der Waals surface area contributed by atoms with E-state index in [0.29, 0.717) is 23.4 Å². The van der Waals surface area contributed by atoms with Crippen molar-refractivity contribution in [1.29, 1.82) is 0 Å². The zero-order valence-corrected chi connectivity index (χ0v) is 20.7. The molecule has 1 aromatic heterocycles. The van der Waals surface area contributed by atoms with Gasteiger partial charge < -0.3 is 4.18 Å². The molecule has 31 heavy (non-hydrogen) atoms. The van der Waals surface area contributed by atoms with Gasteiger partial charge in [-0.05, 0) is 70.4 Å². The molecular formula is C21H28N2O6S2. The van der Waals surface area contributed by atoms with Crippen molar-refractivity contribution in [2.45, 2.75) is 53.0 Å². The van der Waals surface area contributed by atoms with E-state index in [9.17, 15) is 21.6 Å². The Morgan fingerprint density at radius 2 is 1.61 bits per heavy atom. The van der Waals surface area contributed by atoms with Crippen LogP contribution < -0.4 is 4.18 Å². The standard InChI is InChI=1S/C21H28N2O6S2/c1-9-23-21(29-31(8,27)28)19(15(6)22-23)20(24)16-10-11-17(30(7,25)26)18(14(16)5)13(4)12(2)3/h10-11H,9H2,1-8H3. The van der Waals surface area contributed by atoms with E-state index in [4.69, 9.17) is 4.18 Å². The van der Waals surface area contributed by atoms with Gasteiger partial charge in [-0.1, -0.05) is 5.57 Å². The molecule has 0 aliphatic carbocycles. The topological polar surface area (TPSA) is 112 Å². The van der Waals surface area contributed by atoms with Crippen LogP contribution in [-0.4, -0.2) is 44.9 Å². The summed E-state index contributed by atoms with van der Waals surface area (Å²) in [6.07, 6.45) is 2.02. The molecule has 0 unspecified atom stereocenters. The normalized spacial score (nSPS) is 12.0. The summed E-state index contributed by atoms with van der Waals surface area (Å²) in [4.78, 5) is 13.7. The second kappa shape index (κ2) is 8.58. The molecule has 170 valence electrons. The second-order valence-electron chi connectivity index (χ2n) is 7.71. The number of hydrogen-bond donors (Lipinski definition) is 0. The van der Waals surface area contributed by atoms with Crippen LogP contribution in [0.3, 0.4) is 0 Å².